The second-order valence-electron chi connectivity index (χ2n) is 5.57. The molecule has 21 heavy (non-hydrogen) atoms. The molecule has 0 aliphatic carbocycles. The smallest absolute Gasteiger partial charge is 0.243 e. The summed E-state index contributed by atoms with van der Waals surface area (Å²) in [6, 6.07) is 4.93. The first-order valence-electron chi connectivity index (χ1n) is 7.18. The van der Waals surface area contributed by atoms with Gasteiger partial charge in [0.2, 0.25) is 10.0 Å². The van der Waals surface area contributed by atoms with Gasteiger partial charge in [-0.1, -0.05) is 6.07 Å². The standard InChI is InChI=1S/C15H23NO4S/c1-12-5-6-15(8-14(12)10-17)21(18,19)16-7-3-4-13(9-16)11-20-2/h5-6,8,13,17H,3-4,7,9-11H2,1-2H3. The average Bonchev–Trinajstić information content (AvgIpc) is 2.48. The number of hydrogen-bond donors (Lipinski definition) is 1. The van der Waals surface area contributed by atoms with Crippen molar-refractivity contribution in [3.63, 3.8) is 0 Å². The molecular weight excluding hydrogens is 290 g/mol. The van der Waals surface area contributed by atoms with Gasteiger partial charge in [0.25, 0.3) is 0 Å². The lowest BCUT2D eigenvalue weighted by Gasteiger charge is -2.31. The van der Waals surface area contributed by atoms with E-state index in [4.69, 9.17) is 4.74 Å². The Morgan fingerprint density at radius 2 is 2.19 bits per heavy atom. The minimum absolute atomic E-state index is 0.151. The Hall–Kier alpha value is -0.950. The van der Waals surface area contributed by atoms with Crippen LogP contribution in [0.15, 0.2) is 23.1 Å². The van der Waals surface area contributed by atoms with Gasteiger partial charge in [-0.25, -0.2) is 8.42 Å². The highest BCUT2D eigenvalue weighted by Gasteiger charge is 2.30. The molecule has 6 heteroatoms. The number of benzene rings is 1. The van der Waals surface area contributed by atoms with E-state index in [9.17, 15) is 13.5 Å². The van der Waals surface area contributed by atoms with Crippen LogP contribution in [0, 0.1) is 12.8 Å². The Labute approximate surface area is 126 Å². The minimum atomic E-state index is -3.50. The fourth-order valence-corrected chi connectivity index (χ4v) is 4.35. The van der Waals surface area contributed by atoms with E-state index in [1.165, 1.54) is 4.31 Å². The molecule has 1 saturated heterocycles. The molecule has 1 aromatic carbocycles. The summed E-state index contributed by atoms with van der Waals surface area (Å²) in [7, 11) is -1.86. The maximum absolute atomic E-state index is 12.7. The van der Waals surface area contributed by atoms with Crippen molar-refractivity contribution in [2.24, 2.45) is 5.92 Å². The molecule has 1 fully saturated rings. The molecule has 1 atom stereocenters. The first-order chi connectivity index (χ1) is 9.98. The highest BCUT2D eigenvalue weighted by molar-refractivity contribution is 7.89. The number of nitrogens with zero attached hydrogens (tertiary/aromatic N) is 1. The fraction of sp³-hybridized carbons (Fsp3) is 0.600. The van der Waals surface area contributed by atoms with E-state index in [2.05, 4.69) is 0 Å². The van der Waals surface area contributed by atoms with Crippen LogP contribution < -0.4 is 0 Å². The minimum Gasteiger partial charge on any atom is -0.392 e. The summed E-state index contributed by atoms with van der Waals surface area (Å²) in [6.45, 7) is 3.34. The number of hydrogen-bond acceptors (Lipinski definition) is 4. The zero-order valence-corrected chi connectivity index (χ0v) is 13.4. The van der Waals surface area contributed by atoms with Crippen molar-refractivity contribution in [1.82, 2.24) is 4.31 Å². The number of sulfonamides is 1. The normalized spacial score (nSPS) is 20.6. The van der Waals surface area contributed by atoms with Gasteiger partial charge in [-0.3, -0.25) is 0 Å². The van der Waals surface area contributed by atoms with Crippen molar-refractivity contribution in [3.8, 4) is 0 Å². The van der Waals surface area contributed by atoms with Crippen LogP contribution in [0.4, 0.5) is 0 Å². The second kappa shape index (κ2) is 6.87. The van der Waals surface area contributed by atoms with Gasteiger partial charge in [-0.15, -0.1) is 0 Å². The number of aliphatic hydroxyl groups is 1. The lowest BCUT2D eigenvalue weighted by atomic mass is 10.0. The molecule has 0 spiro atoms. The van der Waals surface area contributed by atoms with Crippen LogP contribution in [0.25, 0.3) is 0 Å². The van der Waals surface area contributed by atoms with Crippen molar-refractivity contribution < 1.29 is 18.3 Å². The van der Waals surface area contributed by atoms with Crippen LogP contribution in [0.2, 0.25) is 0 Å². The summed E-state index contributed by atoms with van der Waals surface area (Å²) in [5.41, 5.74) is 1.55. The van der Waals surface area contributed by atoms with Gasteiger partial charge >= 0.3 is 0 Å². The summed E-state index contributed by atoms with van der Waals surface area (Å²) in [5.74, 6) is 0.251. The molecule has 1 aliphatic rings. The molecule has 0 radical (unpaired) electrons. The van der Waals surface area contributed by atoms with Crippen molar-refractivity contribution in [1.29, 1.82) is 0 Å². The number of ether oxygens (including phenoxy) is 1. The van der Waals surface area contributed by atoms with Crippen LogP contribution in [-0.4, -0.2) is 44.6 Å². The van der Waals surface area contributed by atoms with Crippen LogP contribution in [0.3, 0.4) is 0 Å². The zero-order valence-electron chi connectivity index (χ0n) is 12.6. The molecule has 1 aromatic rings. The van der Waals surface area contributed by atoms with Crippen LogP contribution in [0.5, 0.6) is 0 Å². The van der Waals surface area contributed by atoms with Gasteiger partial charge in [0.05, 0.1) is 18.1 Å². The van der Waals surface area contributed by atoms with Crippen molar-refractivity contribution in [2.75, 3.05) is 26.8 Å². The molecule has 1 heterocycles. The summed E-state index contributed by atoms with van der Waals surface area (Å²) >= 11 is 0. The van der Waals surface area contributed by atoms with Crippen LogP contribution >= 0.6 is 0 Å². The average molecular weight is 313 g/mol. The van der Waals surface area contributed by atoms with E-state index in [1.807, 2.05) is 6.92 Å². The van der Waals surface area contributed by atoms with E-state index >= 15 is 0 Å². The molecule has 5 nitrogen and oxygen atoms in total. The molecule has 0 aromatic heterocycles. The topological polar surface area (TPSA) is 66.8 Å². The van der Waals surface area contributed by atoms with Crippen molar-refractivity contribution in [3.05, 3.63) is 29.3 Å². The maximum atomic E-state index is 12.7. The van der Waals surface area contributed by atoms with Gasteiger partial charge in [-0.05, 0) is 48.9 Å². The highest BCUT2D eigenvalue weighted by atomic mass is 32.2. The Bertz CT molecular complexity index is 583. The van der Waals surface area contributed by atoms with Crippen LogP contribution in [0.1, 0.15) is 24.0 Å². The van der Waals surface area contributed by atoms with E-state index in [0.717, 1.165) is 18.4 Å². The third-order valence-corrected chi connectivity index (χ3v) is 5.87. The molecule has 118 valence electrons. The Morgan fingerprint density at radius 3 is 2.86 bits per heavy atom. The molecule has 0 amide bonds. The van der Waals surface area contributed by atoms with E-state index in [0.29, 0.717) is 25.3 Å². The van der Waals surface area contributed by atoms with Crippen molar-refractivity contribution in [2.45, 2.75) is 31.3 Å². The Morgan fingerprint density at radius 1 is 1.43 bits per heavy atom. The quantitative estimate of drug-likeness (QED) is 0.895. The molecule has 0 saturated carbocycles. The number of aliphatic hydroxyl groups excluding tert-OH is 1. The largest absolute Gasteiger partial charge is 0.392 e. The third-order valence-electron chi connectivity index (χ3n) is 4.01. The monoisotopic (exact) mass is 313 g/mol. The number of rotatable bonds is 5. The number of piperidine rings is 1. The summed E-state index contributed by atoms with van der Waals surface area (Å²) in [4.78, 5) is 0.259. The number of methoxy groups -OCH3 is 1. The van der Waals surface area contributed by atoms with Gasteiger partial charge in [0, 0.05) is 20.2 Å². The molecular formula is C15H23NO4S. The maximum Gasteiger partial charge on any atom is 0.243 e. The molecule has 0 bridgehead atoms. The Balaban J connectivity index is 2.25. The summed E-state index contributed by atoms with van der Waals surface area (Å²) < 4.78 is 32.1. The molecule has 1 aliphatic heterocycles. The van der Waals surface area contributed by atoms with Crippen LogP contribution in [-0.2, 0) is 21.4 Å². The molecule has 1 N–H and O–H groups in total. The van der Waals surface area contributed by atoms with Gasteiger partial charge in [-0.2, -0.15) is 4.31 Å². The third kappa shape index (κ3) is 3.63. The predicted octanol–water partition coefficient (Wildman–Crippen LogP) is 1.53. The Kier molecular flexibility index (Phi) is 5.37. The summed E-state index contributed by atoms with van der Waals surface area (Å²) in [5, 5.41) is 9.31. The highest BCUT2D eigenvalue weighted by Crippen LogP contribution is 2.25. The molecule has 2 rings (SSSR count). The fourth-order valence-electron chi connectivity index (χ4n) is 2.74. The second-order valence-corrected chi connectivity index (χ2v) is 7.51. The van der Waals surface area contributed by atoms with Gasteiger partial charge in [0.15, 0.2) is 0 Å². The van der Waals surface area contributed by atoms with Gasteiger partial charge < -0.3 is 9.84 Å². The van der Waals surface area contributed by atoms with Crippen molar-refractivity contribution >= 4 is 10.0 Å². The first-order valence-corrected chi connectivity index (χ1v) is 8.62. The summed E-state index contributed by atoms with van der Waals surface area (Å²) in [6.07, 6.45) is 1.85. The lowest BCUT2D eigenvalue weighted by Crippen LogP contribution is -2.41. The number of aryl methyl sites for hydroxylation is 1. The first kappa shape index (κ1) is 16.4. The lowest BCUT2D eigenvalue weighted by molar-refractivity contribution is 0.118. The van der Waals surface area contributed by atoms with Gasteiger partial charge in [0.1, 0.15) is 0 Å². The van der Waals surface area contributed by atoms with E-state index in [1.54, 1.807) is 25.3 Å². The SMILES string of the molecule is COCC1CCCN(S(=O)(=O)c2ccc(C)c(CO)c2)C1. The zero-order chi connectivity index (χ0) is 15.5. The van der Waals surface area contributed by atoms with E-state index < -0.39 is 10.0 Å². The predicted molar refractivity (Wildman–Crippen MR) is 80.5 cm³/mol. The van der Waals surface area contributed by atoms with E-state index in [-0.39, 0.29) is 17.4 Å². The molecule has 1 unspecified atom stereocenters.